The quantitative estimate of drug-likeness (QED) is 0.404. The Labute approximate surface area is 147 Å². The first kappa shape index (κ1) is 15.9. The Hall–Kier alpha value is -1.60. The van der Waals surface area contributed by atoms with Gasteiger partial charge in [0.1, 0.15) is 0 Å². The molecule has 3 aliphatic rings. The van der Waals surface area contributed by atoms with E-state index in [1.54, 1.807) is 21.9 Å². The minimum Gasteiger partial charge on any atom is -0.0654 e. The monoisotopic (exact) mass is 331 g/mol. The Morgan fingerprint density at radius 3 is 2.54 bits per heavy atom. The zero-order valence-electron chi connectivity index (χ0n) is 15.2. The van der Waals surface area contributed by atoms with Gasteiger partial charge in [-0.05, 0) is 41.2 Å². The lowest BCUT2D eigenvalue weighted by Gasteiger charge is -2.41. The van der Waals surface area contributed by atoms with E-state index in [9.17, 15) is 0 Å². The highest BCUT2D eigenvalue weighted by molar-refractivity contribution is 7.01. The summed E-state index contributed by atoms with van der Waals surface area (Å²) in [4.78, 5) is 0. The molecule has 0 spiro atoms. The largest absolute Gasteiger partial charge is 0.0930 e. The lowest BCUT2D eigenvalue weighted by Crippen LogP contribution is -2.42. The first-order valence-electron chi connectivity index (χ1n) is 9.50. The third-order valence-corrected chi connectivity index (χ3v) is 9.95. The topological polar surface area (TPSA) is 0 Å². The van der Waals surface area contributed by atoms with Crippen LogP contribution in [-0.4, -0.2) is 8.07 Å². The molecule has 0 saturated carbocycles. The third kappa shape index (κ3) is 2.25. The molecule has 2 aromatic carbocycles. The third-order valence-electron chi connectivity index (χ3n) is 5.99. The number of hydrogen-bond donors (Lipinski definition) is 0. The average molecular weight is 332 g/mol. The van der Waals surface area contributed by atoms with Gasteiger partial charge in [-0.2, -0.15) is 0 Å². The van der Waals surface area contributed by atoms with Crippen LogP contribution in [0.25, 0.3) is 16.3 Å². The van der Waals surface area contributed by atoms with Crippen LogP contribution in [0.3, 0.4) is 0 Å². The summed E-state index contributed by atoms with van der Waals surface area (Å²) in [5.74, 6) is 0. The number of unbranched alkanes of at least 4 members (excludes halogenated alkanes) is 3. The standard InChI is InChI=1S/C23H27Si/c1-4-5-6-10-14-20-22-19-16-11-15-18(17-12-8-7-9-13-17)21(19)23(20)24(22,2)3/h7-9,11-13,16,22H,4-6,10,14H2,1-3H3. The Bertz CT molecular complexity index is 783. The van der Waals surface area contributed by atoms with Crippen molar-refractivity contribution in [1.82, 2.24) is 0 Å². The summed E-state index contributed by atoms with van der Waals surface area (Å²) >= 11 is 0. The highest BCUT2D eigenvalue weighted by Crippen LogP contribution is 2.64. The summed E-state index contributed by atoms with van der Waals surface area (Å²) in [6, 6.07) is 18.9. The molecule has 1 atom stereocenters. The van der Waals surface area contributed by atoms with E-state index in [0.29, 0.717) is 0 Å². The van der Waals surface area contributed by atoms with Crippen LogP contribution >= 0.6 is 0 Å². The molecule has 0 saturated heterocycles. The van der Waals surface area contributed by atoms with Crippen molar-refractivity contribution in [3.8, 4) is 11.1 Å². The Morgan fingerprint density at radius 2 is 1.79 bits per heavy atom. The van der Waals surface area contributed by atoms with Crippen molar-refractivity contribution in [2.75, 3.05) is 0 Å². The molecule has 123 valence electrons. The smallest absolute Gasteiger partial charge is 0.0654 e. The van der Waals surface area contributed by atoms with Crippen LogP contribution in [0.4, 0.5) is 0 Å². The summed E-state index contributed by atoms with van der Waals surface area (Å²) in [6.07, 6.45) is 6.77. The lowest BCUT2D eigenvalue weighted by molar-refractivity contribution is 0.656. The second-order valence-corrected chi connectivity index (χ2v) is 12.4. The van der Waals surface area contributed by atoms with Gasteiger partial charge >= 0.3 is 0 Å². The van der Waals surface area contributed by atoms with Crippen molar-refractivity contribution in [2.45, 2.75) is 57.7 Å². The van der Waals surface area contributed by atoms with Gasteiger partial charge in [0.2, 0.25) is 0 Å². The van der Waals surface area contributed by atoms with Crippen molar-refractivity contribution in [3.63, 3.8) is 0 Å². The van der Waals surface area contributed by atoms with Crippen molar-refractivity contribution >= 4 is 13.3 Å². The number of benzene rings is 2. The first-order chi connectivity index (χ1) is 11.7. The van der Waals surface area contributed by atoms with Crippen molar-refractivity contribution in [3.05, 3.63) is 65.2 Å². The Balaban J connectivity index is 1.73. The number of allylic oxidation sites excluding steroid dienone is 1. The van der Waals surface area contributed by atoms with Crippen LogP contribution in [0.1, 0.15) is 55.7 Å². The van der Waals surface area contributed by atoms with E-state index < -0.39 is 8.07 Å². The molecule has 1 aliphatic carbocycles. The minimum atomic E-state index is -1.29. The number of hydrogen-bond acceptors (Lipinski definition) is 0. The van der Waals surface area contributed by atoms with Crippen LogP contribution in [0.5, 0.6) is 0 Å². The summed E-state index contributed by atoms with van der Waals surface area (Å²) < 4.78 is 0. The van der Waals surface area contributed by atoms with E-state index in [2.05, 4.69) is 68.5 Å². The molecular weight excluding hydrogens is 304 g/mol. The van der Waals surface area contributed by atoms with Crippen LogP contribution in [-0.2, 0) is 0 Å². The molecule has 0 nitrogen and oxygen atoms in total. The fraction of sp³-hybridized carbons (Fsp3) is 0.391. The van der Waals surface area contributed by atoms with Crippen LogP contribution in [0.15, 0.2) is 48.0 Å². The lowest BCUT2D eigenvalue weighted by atomic mass is 9.97. The predicted molar refractivity (Wildman–Crippen MR) is 107 cm³/mol. The maximum atomic E-state index is 3.56. The molecular formula is C23H27Si. The maximum Gasteiger partial charge on any atom is 0.0930 e. The van der Waals surface area contributed by atoms with E-state index in [-0.39, 0.29) is 0 Å². The van der Waals surface area contributed by atoms with Crippen molar-refractivity contribution < 1.29 is 0 Å². The second-order valence-electron chi connectivity index (χ2n) is 7.91. The van der Waals surface area contributed by atoms with Gasteiger partial charge in [-0.1, -0.05) is 92.5 Å². The molecule has 0 fully saturated rings. The molecule has 24 heavy (non-hydrogen) atoms. The molecule has 1 unspecified atom stereocenters. The van der Waals surface area contributed by atoms with Crippen molar-refractivity contribution in [1.29, 1.82) is 0 Å². The highest BCUT2D eigenvalue weighted by Gasteiger charge is 2.56. The summed E-state index contributed by atoms with van der Waals surface area (Å²) in [5, 5.41) is 1.77. The van der Waals surface area contributed by atoms with Gasteiger partial charge in [0.05, 0.1) is 8.07 Å². The molecule has 2 aromatic rings. The van der Waals surface area contributed by atoms with Gasteiger partial charge < -0.3 is 0 Å². The van der Waals surface area contributed by atoms with Gasteiger partial charge in [-0.15, -0.1) is 0 Å². The van der Waals surface area contributed by atoms with Crippen molar-refractivity contribution in [2.24, 2.45) is 0 Å². The molecule has 0 aromatic heterocycles. The average Bonchev–Trinajstić information content (AvgIpc) is 3.07. The van der Waals surface area contributed by atoms with Gasteiger partial charge in [-0.3, -0.25) is 0 Å². The normalized spacial score (nSPS) is 20.0. The Morgan fingerprint density at radius 1 is 1.00 bits per heavy atom. The molecule has 2 bridgehead atoms. The maximum absolute atomic E-state index is 3.56. The number of rotatable bonds is 6. The predicted octanol–water partition coefficient (Wildman–Crippen LogP) is 6.78. The molecule has 1 radical (unpaired) electrons. The van der Waals surface area contributed by atoms with E-state index >= 15 is 0 Å². The molecule has 5 rings (SSSR count). The molecule has 1 heteroatoms. The van der Waals surface area contributed by atoms with E-state index in [0.717, 1.165) is 5.54 Å². The highest BCUT2D eigenvalue weighted by atomic mass is 28.3. The van der Waals surface area contributed by atoms with E-state index in [1.165, 1.54) is 43.2 Å². The minimum absolute atomic E-state index is 0.779. The molecule has 0 amide bonds. The zero-order valence-corrected chi connectivity index (χ0v) is 16.2. The van der Waals surface area contributed by atoms with Gasteiger partial charge in [0, 0.05) is 5.54 Å². The SMILES string of the molecule is CCCCCCC1=C2c3c(-c4ccccc4)[c]ccc3C1[Si]2(C)C. The molecule has 2 heterocycles. The van der Waals surface area contributed by atoms with Gasteiger partial charge in [0.25, 0.3) is 0 Å². The summed E-state index contributed by atoms with van der Waals surface area (Å²) in [5.41, 5.74) is 8.41. The van der Waals surface area contributed by atoms with E-state index in [1.807, 2.05) is 0 Å². The van der Waals surface area contributed by atoms with Crippen LogP contribution in [0, 0.1) is 6.07 Å². The molecule has 0 N–H and O–H groups in total. The van der Waals surface area contributed by atoms with Gasteiger partial charge in [-0.25, -0.2) is 0 Å². The van der Waals surface area contributed by atoms with E-state index in [4.69, 9.17) is 0 Å². The summed E-state index contributed by atoms with van der Waals surface area (Å²) in [7, 11) is -1.29. The second kappa shape index (κ2) is 6.04. The van der Waals surface area contributed by atoms with Gasteiger partial charge in [0.15, 0.2) is 0 Å². The Kier molecular flexibility index (Phi) is 4.00. The fourth-order valence-corrected chi connectivity index (χ4v) is 9.24. The van der Waals surface area contributed by atoms with Crippen LogP contribution in [0.2, 0.25) is 13.1 Å². The first-order valence-corrected chi connectivity index (χ1v) is 12.6. The fourth-order valence-electron chi connectivity index (χ4n) is 4.99. The molecule has 2 aliphatic heterocycles. The van der Waals surface area contributed by atoms with Crippen LogP contribution < -0.4 is 0 Å². The zero-order chi connectivity index (χ0) is 16.7. The summed E-state index contributed by atoms with van der Waals surface area (Å²) in [6.45, 7) is 7.43.